The fraction of sp³-hybridized carbons (Fsp3) is 0.444. The first kappa shape index (κ1) is 19.4. The third kappa shape index (κ3) is 4.30. The SMILES string of the molecule is COc1ccc(-c2cc(C(=O)N[C@H](C)CO)nn2[C@@H]2CCS(=O)(=O)C2)cc1. The highest BCUT2D eigenvalue weighted by molar-refractivity contribution is 7.91. The molecule has 3 rings (SSSR count). The van der Waals surface area contributed by atoms with E-state index < -0.39 is 21.8 Å². The number of benzene rings is 1. The number of rotatable bonds is 6. The van der Waals surface area contributed by atoms with Crippen LogP contribution in [0.3, 0.4) is 0 Å². The van der Waals surface area contributed by atoms with Gasteiger partial charge in [0, 0.05) is 11.6 Å². The van der Waals surface area contributed by atoms with Crippen molar-refractivity contribution in [1.82, 2.24) is 15.1 Å². The fourth-order valence-electron chi connectivity index (χ4n) is 3.07. The lowest BCUT2D eigenvalue weighted by Gasteiger charge is -2.13. The van der Waals surface area contributed by atoms with E-state index in [-0.39, 0.29) is 29.8 Å². The van der Waals surface area contributed by atoms with Crippen LogP contribution in [0.4, 0.5) is 0 Å². The molecule has 1 aliphatic rings. The van der Waals surface area contributed by atoms with Crippen molar-refractivity contribution in [1.29, 1.82) is 0 Å². The zero-order valence-electron chi connectivity index (χ0n) is 15.3. The minimum absolute atomic E-state index is 0.00589. The van der Waals surface area contributed by atoms with Crippen molar-refractivity contribution in [2.24, 2.45) is 0 Å². The van der Waals surface area contributed by atoms with Crippen molar-refractivity contribution < 1.29 is 23.1 Å². The van der Waals surface area contributed by atoms with Gasteiger partial charge in [-0.2, -0.15) is 5.10 Å². The highest BCUT2D eigenvalue weighted by Crippen LogP contribution is 2.31. The number of aliphatic hydroxyl groups excluding tert-OH is 1. The number of hydrogen-bond acceptors (Lipinski definition) is 6. The number of nitrogens with zero attached hydrogens (tertiary/aromatic N) is 2. The number of ether oxygens (including phenoxy) is 1. The van der Waals surface area contributed by atoms with Gasteiger partial charge < -0.3 is 15.2 Å². The van der Waals surface area contributed by atoms with Gasteiger partial charge in [0.05, 0.1) is 37.0 Å². The second-order valence-electron chi connectivity index (χ2n) is 6.70. The van der Waals surface area contributed by atoms with E-state index in [1.165, 1.54) is 0 Å². The number of methoxy groups -OCH3 is 1. The molecule has 1 aromatic carbocycles. The number of carbonyl (C=O) groups excluding carboxylic acids is 1. The Balaban J connectivity index is 1.99. The molecule has 2 N–H and O–H groups in total. The molecule has 146 valence electrons. The molecular weight excluding hydrogens is 370 g/mol. The molecule has 1 aliphatic heterocycles. The largest absolute Gasteiger partial charge is 0.497 e. The van der Waals surface area contributed by atoms with Crippen LogP contribution in [-0.2, 0) is 9.84 Å². The van der Waals surface area contributed by atoms with Gasteiger partial charge in [-0.3, -0.25) is 9.48 Å². The number of nitrogens with one attached hydrogen (secondary N) is 1. The van der Waals surface area contributed by atoms with Crippen LogP contribution in [0.1, 0.15) is 29.9 Å². The third-order valence-electron chi connectivity index (χ3n) is 4.56. The standard InChI is InChI=1S/C18H23N3O5S/c1-12(10-22)19-18(23)16-9-17(13-3-5-15(26-2)6-4-13)21(20-16)14-7-8-27(24,25)11-14/h3-6,9,12,14,22H,7-8,10-11H2,1-2H3,(H,19,23)/t12-,14-/m1/s1. The van der Waals surface area contributed by atoms with E-state index in [2.05, 4.69) is 10.4 Å². The molecule has 0 unspecified atom stereocenters. The molecule has 2 heterocycles. The summed E-state index contributed by atoms with van der Waals surface area (Å²) in [6.45, 7) is 1.50. The first-order chi connectivity index (χ1) is 12.8. The molecule has 0 saturated carbocycles. The number of aromatic nitrogens is 2. The Kier molecular flexibility index (Phi) is 5.52. The fourth-order valence-corrected chi connectivity index (χ4v) is 4.76. The normalized spacial score (nSPS) is 19.6. The van der Waals surface area contributed by atoms with E-state index >= 15 is 0 Å². The third-order valence-corrected chi connectivity index (χ3v) is 6.31. The summed E-state index contributed by atoms with van der Waals surface area (Å²) >= 11 is 0. The number of amides is 1. The Bertz CT molecular complexity index is 921. The minimum Gasteiger partial charge on any atom is -0.497 e. The average Bonchev–Trinajstić information content (AvgIpc) is 3.25. The lowest BCUT2D eigenvalue weighted by atomic mass is 10.1. The minimum atomic E-state index is -3.10. The van der Waals surface area contributed by atoms with Crippen LogP contribution in [0.2, 0.25) is 0 Å². The van der Waals surface area contributed by atoms with E-state index in [1.54, 1.807) is 36.9 Å². The summed E-state index contributed by atoms with van der Waals surface area (Å²) in [7, 11) is -1.52. The van der Waals surface area contributed by atoms with Gasteiger partial charge >= 0.3 is 0 Å². The zero-order valence-corrected chi connectivity index (χ0v) is 16.1. The summed E-state index contributed by atoms with van der Waals surface area (Å²) in [4.78, 5) is 12.4. The second-order valence-corrected chi connectivity index (χ2v) is 8.93. The molecule has 1 amide bonds. The highest BCUT2D eigenvalue weighted by Gasteiger charge is 2.32. The van der Waals surface area contributed by atoms with Gasteiger partial charge in [0.15, 0.2) is 15.5 Å². The molecule has 1 fully saturated rings. The smallest absolute Gasteiger partial charge is 0.272 e. The molecule has 2 aromatic rings. The monoisotopic (exact) mass is 393 g/mol. The molecule has 0 bridgehead atoms. The van der Waals surface area contributed by atoms with Gasteiger partial charge in [-0.15, -0.1) is 0 Å². The molecule has 0 spiro atoms. The summed E-state index contributed by atoms with van der Waals surface area (Å²) in [5.41, 5.74) is 1.66. The number of hydrogen-bond donors (Lipinski definition) is 2. The second kappa shape index (κ2) is 7.69. The molecule has 9 heteroatoms. The van der Waals surface area contributed by atoms with Gasteiger partial charge in [-0.25, -0.2) is 8.42 Å². The van der Waals surface area contributed by atoms with Gasteiger partial charge in [0.25, 0.3) is 5.91 Å². The molecule has 8 nitrogen and oxygen atoms in total. The molecule has 27 heavy (non-hydrogen) atoms. The zero-order chi connectivity index (χ0) is 19.6. The van der Waals surface area contributed by atoms with E-state index in [0.29, 0.717) is 17.9 Å². The maximum absolute atomic E-state index is 12.4. The first-order valence-electron chi connectivity index (χ1n) is 8.69. The van der Waals surface area contributed by atoms with Crippen LogP contribution in [-0.4, -0.2) is 60.5 Å². The lowest BCUT2D eigenvalue weighted by molar-refractivity contribution is 0.0916. The van der Waals surface area contributed by atoms with Crippen molar-refractivity contribution in [3.8, 4) is 17.0 Å². The molecule has 0 radical (unpaired) electrons. The Morgan fingerprint density at radius 3 is 2.67 bits per heavy atom. The summed E-state index contributed by atoms with van der Waals surface area (Å²) in [5.74, 6) is 0.406. The topological polar surface area (TPSA) is 111 Å². The molecular formula is C18H23N3O5S. The van der Waals surface area contributed by atoms with Crippen molar-refractivity contribution in [2.45, 2.75) is 25.4 Å². The highest BCUT2D eigenvalue weighted by atomic mass is 32.2. The molecule has 2 atom stereocenters. The predicted molar refractivity (Wildman–Crippen MR) is 101 cm³/mol. The van der Waals surface area contributed by atoms with Crippen LogP contribution in [0, 0.1) is 0 Å². The number of sulfone groups is 1. The average molecular weight is 393 g/mol. The van der Waals surface area contributed by atoms with Gasteiger partial charge in [0.2, 0.25) is 0 Å². The van der Waals surface area contributed by atoms with Crippen LogP contribution in [0.25, 0.3) is 11.3 Å². The van der Waals surface area contributed by atoms with Crippen LogP contribution < -0.4 is 10.1 Å². The number of carbonyl (C=O) groups is 1. The Morgan fingerprint density at radius 2 is 2.11 bits per heavy atom. The van der Waals surface area contributed by atoms with Gasteiger partial charge in [-0.1, -0.05) is 0 Å². The molecule has 0 aliphatic carbocycles. The van der Waals surface area contributed by atoms with Crippen molar-refractivity contribution >= 4 is 15.7 Å². The Labute approximate surface area is 158 Å². The summed E-state index contributed by atoms with van der Waals surface area (Å²) in [6.07, 6.45) is 0.460. The van der Waals surface area contributed by atoms with E-state index in [9.17, 15) is 13.2 Å². The van der Waals surface area contributed by atoms with E-state index in [1.807, 2.05) is 12.1 Å². The van der Waals surface area contributed by atoms with Gasteiger partial charge in [0.1, 0.15) is 5.75 Å². The summed E-state index contributed by atoms with van der Waals surface area (Å²) in [6, 6.07) is 8.20. The summed E-state index contributed by atoms with van der Waals surface area (Å²) in [5, 5.41) is 16.2. The van der Waals surface area contributed by atoms with Gasteiger partial charge in [-0.05, 0) is 43.7 Å². The van der Waals surface area contributed by atoms with E-state index in [0.717, 1.165) is 5.56 Å². The maximum Gasteiger partial charge on any atom is 0.272 e. The van der Waals surface area contributed by atoms with Crippen LogP contribution in [0.15, 0.2) is 30.3 Å². The Hall–Kier alpha value is -2.39. The van der Waals surface area contributed by atoms with Crippen LogP contribution >= 0.6 is 0 Å². The quantitative estimate of drug-likeness (QED) is 0.758. The summed E-state index contributed by atoms with van der Waals surface area (Å²) < 4.78 is 30.6. The predicted octanol–water partition coefficient (Wildman–Crippen LogP) is 1.03. The van der Waals surface area contributed by atoms with E-state index in [4.69, 9.17) is 9.84 Å². The lowest BCUT2D eigenvalue weighted by Crippen LogP contribution is -2.35. The molecule has 1 saturated heterocycles. The van der Waals surface area contributed by atoms with Crippen molar-refractivity contribution in [2.75, 3.05) is 25.2 Å². The maximum atomic E-state index is 12.4. The Morgan fingerprint density at radius 1 is 1.41 bits per heavy atom. The van der Waals surface area contributed by atoms with Crippen LogP contribution in [0.5, 0.6) is 5.75 Å². The van der Waals surface area contributed by atoms with Crippen molar-refractivity contribution in [3.05, 3.63) is 36.0 Å². The van der Waals surface area contributed by atoms with Crippen molar-refractivity contribution in [3.63, 3.8) is 0 Å². The molecule has 1 aromatic heterocycles. The number of aliphatic hydroxyl groups is 1. The first-order valence-corrected chi connectivity index (χ1v) is 10.5.